The van der Waals surface area contributed by atoms with E-state index in [0.29, 0.717) is 5.04 Å². The van der Waals surface area contributed by atoms with Gasteiger partial charge in [0.1, 0.15) is 0 Å². The molecule has 0 atom stereocenters. The maximum absolute atomic E-state index is 3.76. The second kappa shape index (κ2) is 3.88. The van der Waals surface area contributed by atoms with Crippen LogP contribution in [0.3, 0.4) is 0 Å². The van der Waals surface area contributed by atoms with Crippen molar-refractivity contribution < 1.29 is 0 Å². The Morgan fingerprint density at radius 3 is 2.00 bits per heavy atom. The Bertz CT molecular complexity index is 82.6. The number of rotatable bonds is 4. The highest BCUT2D eigenvalue weighted by molar-refractivity contribution is 6.15. The van der Waals surface area contributed by atoms with Crippen molar-refractivity contribution in [2.45, 2.75) is 38.1 Å². The van der Waals surface area contributed by atoms with Crippen molar-refractivity contribution in [1.29, 1.82) is 0 Å². The average molecular weight is 142 g/mol. The highest BCUT2D eigenvalue weighted by Crippen LogP contribution is 2.34. The van der Waals surface area contributed by atoms with Crippen molar-refractivity contribution in [1.82, 2.24) is 0 Å². The van der Waals surface area contributed by atoms with Gasteiger partial charge in [0.25, 0.3) is 0 Å². The Morgan fingerprint density at radius 2 is 1.89 bits per heavy atom. The standard InChI is InChI=1S/C8H18Si/c1-4-7-8(9,5-2)6-3/h4H,1,5-7H2,2-3,9H3. The first kappa shape index (κ1) is 8.96. The normalized spacial score (nSPS) is 11.8. The third kappa shape index (κ3) is 2.85. The maximum Gasteiger partial charge on any atom is 0.0110 e. The number of hydrogen-bond acceptors (Lipinski definition) is 0. The van der Waals surface area contributed by atoms with E-state index < -0.39 is 0 Å². The van der Waals surface area contributed by atoms with E-state index in [2.05, 4.69) is 26.5 Å². The minimum absolute atomic E-state index is 0.655. The van der Waals surface area contributed by atoms with Crippen LogP contribution in [0.4, 0.5) is 0 Å². The fourth-order valence-electron chi connectivity index (χ4n) is 0.887. The van der Waals surface area contributed by atoms with E-state index in [0.717, 1.165) is 0 Å². The lowest BCUT2D eigenvalue weighted by atomic mass is 9.98. The van der Waals surface area contributed by atoms with Crippen LogP contribution in [0.25, 0.3) is 0 Å². The minimum atomic E-state index is 0.655. The molecule has 0 spiro atoms. The van der Waals surface area contributed by atoms with E-state index >= 15 is 0 Å². The van der Waals surface area contributed by atoms with E-state index in [1.54, 1.807) is 0 Å². The summed E-state index contributed by atoms with van der Waals surface area (Å²) in [6.45, 7) is 8.32. The third-order valence-electron chi connectivity index (χ3n) is 2.34. The highest BCUT2D eigenvalue weighted by atomic mass is 28.1. The molecule has 0 bridgehead atoms. The molecule has 0 saturated carbocycles. The smallest absolute Gasteiger partial charge is 0.0110 e. The van der Waals surface area contributed by atoms with Crippen LogP contribution in [0.2, 0.25) is 5.04 Å². The van der Waals surface area contributed by atoms with Gasteiger partial charge in [-0.25, -0.2) is 0 Å². The van der Waals surface area contributed by atoms with Crippen LogP contribution in [0.5, 0.6) is 0 Å². The minimum Gasteiger partial charge on any atom is -0.103 e. The largest absolute Gasteiger partial charge is 0.103 e. The lowest BCUT2D eigenvalue weighted by Crippen LogP contribution is -2.08. The average Bonchev–Trinajstić information content (AvgIpc) is 1.89. The molecule has 0 aliphatic carbocycles. The van der Waals surface area contributed by atoms with Crippen LogP contribution >= 0.6 is 0 Å². The summed E-state index contributed by atoms with van der Waals surface area (Å²) in [6.07, 6.45) is 5.91. The Balaban J connectivity index is 3.75. The Hall–Kier alpha value is -0.0431. The molecule has 9 heavy (non-hydrogen) atoms. The second-order valence-corrected chi connectivity index (χ2v) is 5.13. The second-order valence-electron chi connectivity index (χ2n) is 3.01. The van der Waals surface area contributed by atoms with E-state index in [9.17, 15) is 0 Å². The molecule has 0 aromatic rings. The van der Waals surface area contributed by atoms with E-state index in [1.807, 2.05) is 0 Å². The van der Waals surface area contributed by atoms with Crippen molar-refractivity contribution in [3.05, 3.63) is 12.7 Å². The van der Waals surface area contributed by atoms with Gasteiger partial charge in [0.15, 0.2) is 0 Å². The molecule has 0 aliphatic heterocycles. The van der Waals surface area contributed by atoms with Gasteiger partial charge in [-0.1, -0.05) is 32.8 Å². The lowest BCUT2D eigenvalue weighted by molar-refractivity contribution is 0.527. The molecule has 0 unspecified atom stereocenters. The molecule has 1 heteroatoms. The first-order valence-corrected chi connectivity index (χ1v) is 4.79. The number of allylic oxidation sites excluding steroid dienone is 1. The van der Waals surface area contributed by atoms with Crippen molar-refractivity contribution >= 4 is 10.2 Å². The van der Waals surface area contributed by atoms with Crippen molar-refractivity contribution in [3.8, 4) is 0 Å². The summed E-state index contributed by atoms with van der Waals surface area (Å²) in [5.74, 6) is 0. The molecule has 0 nitrogen and oxygen atoms in total. The van der Waals surface area contributed by atoms with E-state index in [4.69, 9.17) is 0 Å². The predicted octanol–water partition coefficient (Wildman–Crippen LogP) is 1.91. The SMILES string of the molecule is C=CCC([SiH3])(CC)CC. The van der Waals surface area contributed by atoms with Gasteiger partial charge in [-0.3, -0.25) is 0 Å². The molecule has 0 heterocycles. The molecule has 0 aromatic heterocycles. The van der Waals surface area contributed by atoms with Gasteiger partial charge in [-0.2, -0.15) is 0 Å². The highest BCUT2D eigenvalue weighted by Gasteiger charge is 2.16. The van der Waals surface area contributed by atoms with Gasteiger partial charge >= 0.3 is 0 Å². The van der Waals surface area contributed by atoms with Gasteiger partial charge < -0.3 is 0 Å². The summed E-state index contributed by atoms with van der Waals surface area (Å²) >= 11 is 0. The summed E-state index contributed by atoms with van der Waals surface area (Å²) in [4.78, 5) is 0. The first-order chi connectivity index (χ1) is 4.18. The molecule has 0 rings (SSSR count). The molecule has 54 valence electrons. The lowest BCUT2D eigenvalue weighted by Gasteiger charge is -2.24. The zero-order chi connectivity index (χ0) is 7.33. The van der Waals surface area contributed by atoms with Crippen molar-refractivity contribution in [3.63, 3.8) is 0 Å². The van der Waals surface area contributed by atoms with Gasteiger partial charge in [0.2, 0.25) is 0 Å². The Labute approximate surface area is 61.8 Å². The van der Waals surface area contributed by atoms with Crippen molar-refractivity contribution in [2.75, 3.05) is 0 Å². The van der Waals surface area contributed by atoms with Crippen LogP contribution < -0.4 is 0 Å². The van der Waals surface area contributed by atoms with Crippen LogP contribution in [-0.2, 0) is 0 Å². The Morgan fingerprint density at radius 1 is 1.44 bits per heavy atom. The van der Waals surface area contributed by atoms with Crippen LogP contribution in [0.15, 0.2) is 12.7 Å². The zero-order valence-electron chi connectivity index (χ0n) is 6.91. The summed E-state index contributed by atoms with van der Waals surface area (Å²) in [6, 6.07) is 0. The monoisotopic (exact) mass is 142 g/mol. The van der Waals surface area contributed by atoms with E-state index in [-0.39, 0.29) is 0 Å². The molecule has 0 saturated heterocycles. The molecule has 0 aromatic carbocycles. The van der Waals surface area contributed by atoms with Gasteiger partial charge in [0, 0.05) is 10.2 Å². The van der Waals surface area contributed by atoms with Crippen LogP contribution in [0.1, 0.15) is 33.1 Å². The first-order valence-electron chi connectivity index (χ1n) is 3.79. The van der Waals surface area contributed by atoms with Gasteiger partial charge in [0.05, 0.1) is 0 Å². The summed E-state index contributed by atoms with van der Waals surface area (Å²) < 4.78 is 0. The molecular formula is C8H18Si. The van der Waals surface area contributed by atoms with Crippen molar-refractivity contribution in [2.24, 2.45) is 0 Å². The molecule has 0 N–H and O–H groups in total. The molecule has 0 aliphatic rings. The van der Waals surface area contributed by atoms with Gasteiger partial charge in [-0.15, -0.1) is 6.58 Å². The molecular weight excluding hydrogens is 124 g/mol. The summed E-state index contributed by atoms with van der Waals surface area (Å²) in [7, 11) is 1.31. The number of hydrogen-bond donors (Lipinski definition) is 0. The fraction of sp³-hybridized carbons (Fsp3) is 0.750. The van der Waals surface area contributed by atoms with Gasteiger partial charge in [-0.05, 0) is 11.5 Å². The third-order valence-corrected chi connectivity index (χ3v) is 4.17. The Kier molecular flexibility index (Phi) is 3.87. The van der Waals surface area contributed by atoms with Crippen LogP contribution in [0, 0.1) is 0 Å². The fourth-order valence-corrected chi connectivity index (χ4v) is 1.18. The zero-order valence-corrected chi connectivity index (χ0v) is 8.91. The molecule has 0 fully saturated rings. The quantitative estimate of drug-likeness (QED) is 0.415. The maximum atomic E-state index is 3.76. The predicted molar refractivity (Wildman–Crippen MR) is 48.0 cm³/mol. The topological polar surface area (TPSA) is 0 Å². The molecule has 0 amide bonds. The summed E-state index contributed by atoms with van der Waals surface area (Å²) in [5.41, 5.74) is 0. The van der Waals surface area contributed by atoms with E-state index in [1.165, 1.54) is 29.5 Å². The molecule has 0 radical (unpaired) electrons. The summed E-state index contributed by atoms with van der Waals surface area (Å²) in [5, 5.41) is 0.655. The van der Waals surface area contributed by atoms with Crippen LogP contribution in [-0.4, -0.2) is 10.2 Å².